The van der Waals surface area contributed by atoms with Crippen molar-refractivity contribution in [1.82, 2.24) is 4.31 Å². The van der Waals surface area contributed by atoms with Crippen LogP contribution in [0.15, 0.2) is 47.4 Å². The monoisotopic (exact) mass is 401 g/mol. The normalized spacial score (nSPS) is 14.6. The quantitative estimate of drug-likeness (QED) is 0.549. The molecule has 0 N–H and O–H groups in total. The largest absolute Gasteiger partial charge is 0.451 e. The Bertz CT molecular complexity index is 1030. The van der Waals surface area contributed by atoms with Crippen LogP contribution >= 0.6 is 0 Å². The summed E-state index contributed by atoms with van der Waals surface area (Å²) in [5.41, 5.74) is 3.03. The number of hydrogen-bond donors (Lipinski definition) is 0. The van der Waals surface area contributed by atoms with E-state index in [0.717, 1.165) is 23.6 Å². The lowest BCUT2D eigenvalue weighted by Crippen LogP contribution is -2.25. The van der Waals surface area contributed by atoms with Crippen LogP contribution in [0.4, 0.5) is 0 Å². The fourth-order valence-corrected chi connectivity index (χ4v) is 4.18. The second-order valence-corrected chi connectivity index (χ2v) is 9.22. The molecule has 0 heterocycles. The number of Topliss-reactive ketones (excluding diaryl/α,β-unsaturated/α-hetero) is 1. The molecule has 28 heavy (non-hydrogen) atoms. The zero-order valence-corrected chi connectivity index (χ0v) is 17.0. The molecule has 7 heteroatoms. The minimum atomic E-state index is -3.67. The Labute approximate surface area is 165 Å². The number of sulfonamides is 1. The fraction of sp³-hybridized carbons (Fsp3) is 0.333. The number of esters is 1. The van der Waals surface area contributed by atoms with Crippen molar-refractivity contribution >= 4 is 21.8 Å². The van der Waals surface area contributed by atoms with Crippen molar-refractivity contribution in [3.05, 3.63) is 64.7 Å². The Balaban J connectivity index is 1.75. The summed E-state index contributed by atoms with van der Waals surface area (Å²) in [4.78, 5) is 25.1. The predicted octanol–water partition coefficient (Wildman–Crippen LogP) is 2.85. The van der Waals surface area contributed by atoms with E-state index in [-0.39, 0.29) is 16.2 Å². The van der Waals surface area contributed by atoms with Crippen molar-refractivity contribution in [2.45, 2.75) is 37.2 Å². The Morgan fingerprint density at radius 1 is 1.00 bits per heavy atom. The third-order valence-electron chi connectivity index (χ3n) is 4.88. The number of benzene rings is 2. The number of rotatable bonds is 6. The number of carbonyl (C=O) groups excluding carboxylic acids is 2. The van der Waals surface area contributed by atoms with Crippen LogP contribution in [0.1, 0.15) is 45.2 Å². The van der Waals surface area contributed by atoms with Crippen LogP contribution in [0.3, 0.4) is 0 Å². The third kappa shape index (κ3) is 4.00. The maximum absolute atomic E-state index is 12.6. The Morgan fingerprint density at radius 3 is 2.43 bits per heavy atom. The molecule has 0 saturated carbocycles. The smallest absolute Gasteiger partial charge is 0.338 e. The summed E-state index contributed by atoms with van der Waals surface area (Å²) >= 11 is 0. The zero-order valence-electron chi connectivity index (χ0n) is 16.1. The molecule has 148 valence electrons. The first kappa shape index (κ1) is 20.2. The molecule has 0 spiro atoms. The SMILES string of the molecule is C[C@@H](OC(=O)c1cccc(S(=O)(=O)N(C)C)c1)C(=O)c1ccc2c(c1)CCC2. The zero-order chi connectivity index (χ0) is 20.5. The molecule has 3 rings (SSSR count). The molecule has 1 aliphatic carbocycles. The number of carbonyl (C=O) groups is 2. The molecule has 0 fully saturated rings. The van der Waals surface area contributed by atoms with E-state index >= 15 is 0 Å². The molecule has 0 radical (unpaired) electrons. The van der Waals surface area contributed by atoms with Gasteiger partial charge >= 0.3 is 5.97 Å². The average Bonchev–Trinajstić information content (AvgIpc) is 3.15. The summed E-state index contributed by atoms with van der Waals surface area (Å²) in [5.74, 6) is -1.02. The molecule has 1 atom stereocenters. The Morgan fingerprint density at radius 2 is 1.71 bits per heavy atom. The highest BCUT2D eigenvalue weighted by Crippen LogP contribution is 2.24. The van der Waals surface area contributed by atoms with Gasteiger partial charge in [-0.2, -0.15) is 0 Å². The van der Waals surface area contributed by atoms with Gasteiger partial charge in [-0.3, -0.25) is 4.79 Å². The lowest BCUT2D eigenvalue weighted by molar-refractivity contribution is 0.0318. The van der Waals surface area contributed by atoms with E-state index in [2.05, 4.69) is 0 Å². The summed E-state index contributed by atoms with van der Waals surface area (Å²) in [6.45, 7) is 1.52. The van der Waals surface area contributed by atoms with Crippen LogP contribution < -0.4 is 0 Å². The molecule has 0 aliphatic heterocycles. The maximum Gasteiger partial charge on any atom is 0.338 e. The van der Waals surface area contributed by atoms with E-state index in [1.54, 1.807) is 6.07 Å². The van der Waals surface area contributed by atoms with Crippen LogP contribution in [-0.2, 0) is 27.6 Å². The van der Waals surface area contributed by atoms with E-state index < -0.39 is 22.1 Å². The molecule has 0 unspecified atom stereocenters. The minimum Gasteiger partial charge on any atom is -0.451 e. The maximum atomic E-state index is 12.6. The van der Waals surface area contributed by atoms with E-state index in [4.69, 9.17) is 4.74 Å². The summed E-state index contributed by atoms with van der Waals surface area (Å²) in [5, 5.41) is 0. The molecule has 1 aliphatic rings. The highest BCUT2D eigenvalue weighted by Gasteiger charge is 2.24. The van der Waals surface area contributed by atoms with Crippen LogP contribution in [0.2, 0.25) is 0 Å². The van der Waals surface area contributed by atoms with Crippen molar-refractivity contribution in [3.8, 4) is 0 Å². The molecular weight excluding hydrogens is 378 g/mol. The number of ether oxygens (including phenoxy) is 1. The number of ketones is 1. The summed E-state index contributed by atoms with van der Waals surface area (Å²) in [6.07, 6.45) is 2.10. The standard InChI is InChI=1S/C21H23NO5S/c1-14(20(23)17-11-10-15-6-4-7-16(15)12-17)27-21(24)18-8-5-9-19(13-18)28(25,26)22(2)3/h5,8-14H,4,6-7H2,1-3H3/t14-/m1/s1. The first-order chi connectivity index (χ1) is 13.2. The summed E-state index contributed by atoms with van der Waals surface area (Å²) < 4.78 is 30.8. The molecule has 0 amide bonds. The Kier molecular flexibility index (Phi) is 5.67. The van der Waals surface area contributed by atoms with Gasteiger partial charge in [0.15, 0.2) is 6.10 Å². The second kappa shape index (κ2) is 7.85. The van der Waals surface area contributed by atoms with Crippen molar-refractivity contribution in [3.63, 3.8) is 0 Å². The van der Waals surface area contributed by atoms with E-state index in [9.17, 15) is 18.0 Å². The number of nitrogens with zero attached hydrogens (tertiary/aromatic N) is 1. The van der Waals surface area contributed by atoms with Crippen LogP contribution in [0.25, 0.3) is 0 Å². The third-order valence-corrected chi connectivity index (χ3v) is 6.70. The molecule has 6 nitrogen and oxygen atoms in total. The van der Waals surface area contributed by atoms with Crippen molar-refractivity contribution in [2.75, 3.05) is 14.1 Å². The van der Waals surface area contributed by atoms with Crippen LogP contribution in [0, 0.1) is 0 Å². The highest BCUT2D eigenvalue weighted by molar-refractivity contribution is 7.89. The van der Waals surface area contributed by atoms with Crippen molar-refractivity contribution in [1.29, 1.82) is 0 Å². The number of aryl methyl sites for hydroxylation is 2. The number of hydrogen-bond acceptors (Lipinski definition) is 5. The van der Waals surface area contributed by atoms with Crippen molar-refractivity contribution in [2.24, 2.45) is 0 Å². The van der Waals surface area contributed by atoms with Gasteiger partial charge in [0.1, 0.15) is 0 Å². The van der Waals surface area contributed by atoms with Gasteiger partial charge in [0.25, 0.3) is 0 Å². The van der Waals surface area contributed by atoms with Gasteiger partial charge in [-0.1, -0.05) is 18.2 Å². The lowest BCUT2D eigenvalue weighted by atomic mass is 10.0. The van der Waals surface area contributed by atoms with E-state index in [1.165, 1.54) is 56.4 Å². The molecule has 0 bridgehead atoms. The highest BCUT2D eigenvalue weighted by atomic mass is 32.2. The molecular formula is C21H23NO5S. The van der Waals surface area contributed by atoms with Crippen LogP contribution in [0.5, 0.6) is 0 Å². The predicted molar refractivity (Wildman–Crippen MR) is 105 cm³/mol. The molecule has 0 saturated heterocycles. The first-order valence-corrected chi connectivity index (χ1v) is 10.5. The van der Waals surface area contributed by atoms with Crippen molar-refractivity contribution < 1.29 is 22.7 Å². The minimum absolute atomic E-state index is 0.00967. The molecule has 0 aromatic heterocycles. The van der Waals surface area contributed by atoms with Gasteiger partial charge in [0.05, 0.1) is 10.5 Å². The second-order valence-electron chi connectivity index (χ2n) is 7.06. The molecule has 2 aromatic carbocycles. The van der Waals surface area contributed by atoms with Gasteiger partial charge in [-0.15, -0.1) is 0 Å². The van der Waals surface area contributed by atoms with Gasteiger partial charge in [-0.05, 0) is 61.6 Å². The van der Waals surface area contributed by atoms with E-state index in [0.29, 0.717) is 5.56 Å². The first-order valence-electron chi connectivity index (χ1n) is 9.10. The summed E-state index contributed by atoms with van der Waals surface area (Å²) in [6, 6.07) is 11.2. The lowest BCUT2D eigenvalue weighted by Gasteiger charge is -2.15. The average molecular weight is 401 g/mol. The van der Waals surface area contributed by atoms with Gasteiger partial charge in [0, 0.05) is 19.7 Å². The van der Waals surface area contributed by atoms with Gasteiger partial charge < -0.3 is 4.74 Å². The van der Waals surface area contributed by atoms with Crippen LogP contribution in [-0.4, -0.2) is 44.7 Å². The summed E-state index contributed by atoms with van der Waals surface area (Å²) in [7, 11) is -0.839. The number of fused-ring (bicyclic) bond motifs is 1. The topological polar surface area (TPSA) is 80.8 Å². The van der Waals surface area contributed by atoms with Gasteiger partial charge in [0.2, 0.25) is 15.8 Å². The van der Waals surface area contributed by atoms with Gasteiger partial charge in [-0.25, -0.2) is 17.5 Å². The van der Waals surface area contributed by atoms with E-state index in [1.807, 2.05) is 12.1 Å². The Hall–Kier alpha value is -2.51. The molecule has 2 aromatic rings. The fourth-order valence-electron chi connectivity index (χ4n) is 3.24.